The quantitative estimate of drug-likeness (QED) is 0.364. The van der Waals surface area contributed by atoms with Gasteiger partial charge in [-0.1, -0.05) is 29.8 Å². The van der Waals surface area contributed by atoms with Crippen LogP contribution in [0.4, 0.5) is 5.69 Å². The van der Waals surface area contributed by atoms with Gasteiger partial charge in [-0.3, -0.25) is 4.79 Å². The summed E-state index contributed by atoms with van der Waals surface area (Å²) >= 11 is 6.04. The molecule has 2 aromatic carbocycles. The molecule has 2 rings (SSSR count). The average Bonchev–Trinajstić information content (AvgIpc) is 2.73. The van der Waals surface area contributed by atoms with Crippen LogP contribution < -0.4 is 14.8 Å². The van der Waals surface area contributed by atoms with Gasteiger partial charge in [-0.15, -0.1) is 0 Å². The van der Waals surface area contributed by atoms with Crippen molar-refractivity contribution in [3.8, 4) is 17.6 Å². The second-order valence-electron chi connectivity index (χ2n) is 5.84. The molecule has 0 bridgehead atoms. The molecular formula is C22H21ClN2O5. The maximum Gasteiger partial charge on any atom is 0.344 e. The van der Waals surface area contributed by atoms with Gasteiger partial charge in [0.1, 0.15) is 11.6 Å². The Morgan fingerprint density at radius 1 is 1.10 bits per heavy atom. The molecule has 2 aromatic rings. The minimum Gasteiger partial charge on any atom is -0.490 e. The van der Waals surface area contributed by atoms with Crippen LogP contribution in [0.25, 0.3) is 6.08 Å². The van der Waals surface area contributed by atoms with Gasteiger partial charge in [0.25, 0.3) is 5.91 Å². The Balaban J connectivity index is 2.21. The summed E-state index contributed by atoms with van der Waals surface area (Å²) in [7, 11) is 0. The van der Waals surface area contributed by atoms with E-state index in [4.69, 9.17) is 25.8 Å². The highest BCUT2D eigenvalue weighted by molar-refractivity contribution is 6.34. The number of halogens is 1. The Hall–Kier alpha value is -3.50. The lowest BCUT2D eigenvalue weighted by Gasteiger charge is -2.12. The molecule has 0 aliphatic carbocycles. The van der Waals surface area contributed by atoms with E-state index in [1.54, 1.807) is 56.3 Å². The lowest BCUT2D eigenvalue weighted by molar-refractivity contribution is -0.145. The number of hydrogen-bond donors (Lipinski definition) is 1. The minimum absolute atomic E-state index is 0.113. The molecule has 0 saturated heterocycles. The minimum atomic E-state index is -0.591. The van der Waals surface area contributed by atoms with Crippen LogP contribution in [0.1, 0.15) is 19.4 Å². The second kappa shape index (κ2) is 11.5. The van der Waals surface area contributed by atoms with Crippen LogP contribution in [0, 0.1) is 11.3 Å². The summed E-state index contributed by atoms with van der Waals surface area (Å²) in [5, 5.41) is 12.4. The Labute approximate surface area is 179 Å². The van der Waals surface area contributed by atoms with Crippen molar-refractivity contribution < 1.29 is 23.8 Å². The van der Waals surface area contributed by atoms with Crippen LogP contribution in [0.15, 0.2) is 48.0 Å². The Morgan fingerprint density at radius 2 is 1.87 bits per heavy atom. The fraction of sp³-hybridized carbons (Fsp3) is 0.227. The van der Waals surface area contributed by atoms with Gasteiger partial charge in [0.05, 0.1) is 23.9 Å². The van der Waals surface area contributed by atoms with E-state index < -0.39 is 11.9 Å². The van der Waals surface area contributed by atoms with Crippen LogP contribution in [0.5, 0.6) is 11.5 Å². The van der Waals surface area contributed by atoms with Crippen molar-refractivity contribution in [2.45, 2.75) is 13.8 Å². The third-order valence-electron chi connectivity index (χ3n) is 3.72. The maximum absolute atomic E-state index is 12.4. The number of nitrogens with zero attached hydrogens (tertiary/aromatic N) is 1. The molecule has 0 fully saturated rings. The number of rotatable bonds is 9. The van der Waals surface area contributed by atoms with Gasteiger partial charge >= 0.3 is 5.97 Å². The lowest BCUT2D eigenvalue weighted by Crippen LogP contribution is -2.15. The molecule has 0 atom stereocenters. The summed E-state index contributed by atoms with van der Waals surface area (Å²) in [6.07, 6.45) is 1.42. The van der Waals surface area contributed by atoms with Crippen LogP contribution in [0.2, 0.25) is 5.02 Å². The van der Waals surface area contributed by atoms with Gasteiger partial charge < -0.3 is 19.5 Å². The first-order valence-corrected chi connectivity index (χ1v) is 9.59. The highest BCUT2D eigenvalue weighted by atomic mass is 35.5. The van der Waals surface area contributed by atoms with E-state index >= 15 is 0 Å². The number of ether oxygens (including phenoxy) is 3. The second-order valence-corrected chi connectivity index (χ2v) is 6.24. The van der Waals surface area contributed by atoms with E-state index in [1.165, 1.54) is 6.08 Å². The van der Waals surface area contributed by atoms with E-state index in [2.05, 4.69) is 5.32 Å². The summed E-state index contributed by atoms with van der Waals surface area (Å²) in [6, 6.07) is 13.5. The molecule has 7 nitrogen and oxygen atoms in total. The summed E-state index contributed by atoms with van der Waals surface area (Å²) in [5.41, 5.74) is 0.841. The zero-order chi connectivity index (χ0) is 21.9. The molecule has 0 unspecified atom stereocenters. The molecule has 0 spiro atoms. The highest BCUT2D eigenvalue weighted by Crippen LogP contribution is 2.29. The number of benzene rings is 2. The molecule has 1 N–H and O–H groups in total. The Kier molecular flexibility index (Phi) is 8.73. The molecule has 30 heavy (non-hydrogen) atoms. The molecule has 1 amide bonds. The van der Waals surface area contributed by atoms with E-state index in [9.17, 15) is 14.9 Å². The summed E-state index contributed by atoms with van der Waals surface area (Å²) < 4.78 is 15.8. The van der Waals surface area contributed by atoms with Crippen molar-refractivity contribution in [2.24, 2.45) is 0 Å². The van der Waals surface area contributed by atoms with Crippen molar-refractivity contribution in [3.63, 3.8) is 0 Å². The first-order chi connectivity index (χ1) is 14.5. The number of para-hydroxylation sites is 1. The third-order valence-corrected chi connectivity index (χ3v) is 4.05. The first kappa shape index (κ1) is 22.8. The van der Waals surface area contributed by atoms with Crippen molar-refractivity contribution >= 4 is 35.2 Å². The molecule has 0 radical (unpaired) electrons. The number of hydrogen-bond acceptors (Lipinski definition) is 6. The fourth-order valence-electron chi connectivity index (χ4n) is 2.41. The van der Waals surface area contributed by atoms with Crippen LogP contribution in [0.3, 0.4) is 0 Å². The van der Waals surface area contributed by atoms with Gasteiger partial charge in [-0.05, 0) is 49.8 Å². The SMILES string of the molecule is CCOC(=O)COc1ccc(/C=C(\C#N)C(=O)Nc2ccccc2Cl)cc1OCC. The van der Waals surface area contributed by atoms with E-state index in [0.717, 1.165) is 0 Å². The van der Waals surface area contributed by atoms with Gasteiger partial charge in [-0.25, -0.2) is 4.79 Å². The van der Waals surface area contributed by atoms with Gasteiger partial charge in [-0.2, -0.15) is 5.26 Å². The third kappa shape index (κ3) is 6.54. The summed E-state index contributed by atoms with van der Waals surface area (Å²) in [5.74, 6) is -0.362. The average molecular weight is 429 g/mol. The topological polar surface area (TPSA) is 97.7 Å². The monoisotopic (exact) mass is 428 g/mol. The van der Waals surface area contributed by atoms with Crippen molar-refractivity contribution in [1.29, 1.82) is 5.26 Å². The van der Waals surface area contributed by atoms with E-state index in [1.807, 2.05) is 6.07 Å². The van der Waals surface area contributed by atoms with E-state index in [0.29, 0.717) is 34.4 Å². The number of carbonyl (C=O) groups excluding carboxylic acids is 2. The predicted octanol–water partition coefficient (Wildman–Crippen LogP) is 4.23. The molecule has 0 heterocycles. The molecule has 0 aromatic heterocycles. The summed E-state index contributed by atoms with van der Waals surface area (Å²) in [6.45, 7) is 3.87. The fourth-order valence-corrected chi connectivity index (χ4v) is 2.59. The van der Waals surface area contributed by atoms with Crippen molar-refractivity contribution in [3.05, 3.63) is 58.6 Å². The van der Waals surface area contributed by atoms with Crippen LogP contribution in [-0.4, -0.2) is 31.7 Å². The smallest absolute Gasteiger partial charge is 0.344 e. The summed E-state index contributed by atoms with van der Waals surface area (Å²) in [4.78, 5) is 23.9. The van der Waals surface area contributed by atoms with Crippen molar-refractivity contribution in [2.75, 3.05) is 25.1 Å². The first-order valence-electron chi connectivity index (χ1n) is 9.21. The predicted molar refractivity (Wildman–Crippen MR) is 113 cm³/mol. The van der Waals surface area contributed by atoms with Crippen LogP contribution in [-0.2, 0) is 14.3 Å². The molecule has 8 heteroatoms. The number of nitrogens with one attached hydrogen (secondary N) is 1. The number of carbonyl (C=O) groups is 2. The zero-order valence-corrected chi connectivity index (χ0v) is 17.4. The van der Waals surface area contributed by atoms with Gasteiger partial charge in [0.2, 0.25) is 0 Å². The van der Waals surface area contributed by atoms with Gasteiger partial charge in [0, 0.05) is 0 Å². The zero-order valence-electron chi connectivity index (χ0n) is 16.6. The normalized spacial score (nSPS) is 10.7. The molecule has 0 aliphatic heterocycles. The Bertz CT molecular complexity index is 982. The van der Waals surface area contributed by atoms with E-state index in [-0.39, 0.29) is 18.8 Å². The standard InChI is InChI=1S/C22H21ClN2O5/c1-3-28-20-12-15(9-10-19(20)30-14-21(26)29-4-2)11-16(13-24)22(27)25-18-8-6-5-7-17(18)23/h5-12H,3-4,14H2,1-2H3,(H,25,27)/b16-11+. The molecule has 0 aliphatic rings. The number of esters is 1. The van der Waals surface area contributed by atoms with Crippen molar-refractivity contribution in [1.82, 2.24) is 0 Å². The molecular weight excluding hydrogens is 408 g/mol. The maximum atomic E-state index is 12.4. The highest BCUT2D eigenvalue weighted by Gasteiger charge is 2.13. The van der Waals surface area contributed by atoms with Gasteiger partial charge in [0.15, 0.2) is 18.1 Å². The number of anilines is 1. The number of nitriles is 1. The largest absolute Gasteiger partial charge is 0.490 e. The Morgan fingerprint density at radius 3 is 2.53 bits per heavy atom. The lowest BCUT2D eigenvalue weighted by atomic mass is 10.1. The number of amides is 1. The van der Waals surface area contributed by atoms with Crippen LogP contribution >= 0.6 is 11.6 Å². The molecule has 156 valence electrons. The molecule has 0 saturated carbocycles.